The molecule has 3 aromatic carbocycles. The van der Waals surface area contributed by atoms with Crippen LogP contribution in [-0.2, 0) is 11.2 Å². The molecule has 0 spiro atoms. The number of benzene rings is 3. The molecule has 0 aliphatic heterocycles. The number of halogens is 3. The molecule has 0 aliphatic carbocycles. The van der Waals surface area contributed by atoms with Crippen molar-refractivity contribution in [2.24, 2.45) is 0 Å². The first-order valence-corrected chi connectivity index (χ1v) is 10.5. The van der Waals surface area contributed by atoms with Gasteiger partial charge in [-0.05, 0) is 60.5 Å². The second-order valence-corrected chi connectivity index (χ2v) is 8.24. The molecule has 0 atom stereocenters. The molecule has 0 fully saturated rings. The van der Waals surface area contributed by atoms with Crippen LogP contribution in [0.5, 0.6) is 5.75 Å². The number of fused-ring (bicyclic) bond motifs is 1. The van der Waals surface area contributed by atoms with Crippen molar-refractivity contribution in [1.82, 2.24) is 4.98 Å². The van der Waals surface area contributed by atoms with E-state index in [1.54, 1.807) is 30.3 Å². The van der Waals surface area contributed by atoms with Gasteiger partial charge in [0.2, 0.25) is 0 Å². The quantitative estimate of drug-likeness (QED) is 0.337. The van der Waals surface area contributed by atoms with Crippen LogP contribution in [0.1, 0.15) is 17.0 Å². The van der Waals surface area contributed by atoms with Crippen molar-refractivity contribution in [3.8, 4) is 5.75 Å². The van der Waals surface area contributed by atoms with Gasteiger partial charge in [-0.15, -0.1) is 0 Å². The lowest BCUT2D eigenvalue weighted by Gasteiger charge is -2.11. The van der Waals surface area contributed by atoms with Crippen LogP contribution < -0.4 is 10.1 Å². The topological polar surface area (TPSA) is 64.4 Å². The molecule has 8 heteroatoms. The first kappa shape index (κ1) is 21.5. The van der Waals surface area contributed by atoms with Gasteiger partial charge in [-0.1, -0.05) is 46.9 Å². The van der Waals surface area contributed by atoms with E-state index in [4.69, 9.17) is 44.0 Å². The molecule has 0 saturated carbocycles. The molecule has 1 aromatic heterocycles. The molecule has 0 saturated heterocycles. The van der Waals surface area contributed by atoms with Crippen LogP contribution in [0.3, 0.4) is 0 Å². The Kier molecular flexibility index (Phi) is 6.37. The number of aryl methyl sites for hydroxylation is 1. The van der Waals surface area contributed by atoms with Gasteiger partial charge in [0.25, 0.3) is 5.91 Å². The molecular weight excluding hydrogens is 459 g/mol. The SMILES string of the molecule is Cc1cc(Cl)cc(Cl)c1OCC(=O)Nc1ccc2oc(Cc3ccc(Cl)cc3)nc2c1. The number of aromatic nitrogens is 1. The highest BCUT2D eigenvalue weighted by Crippen LogP contribution is 2.31. The first-order valence-electron chi connectivity index (χ1n) is 9.39. The second kappa shape index (κ2) is 9.18. The lowest BCUT2D eigenvalue weighted by Crippen LogP contribution is -2.20. The van der Waals surface area contributed by atoms with E-state index in [9.17, 15) is 4.79 Å². The smallest absolute Gasteiger partial charge is 0.262 e. The Morgan fingerprint density at radius 1 is 1.03 bits per heavy atom. The van der Waals surface area contributed by atoms with E-state index in [1.165, 1.54) is 0 Å². The van der Waals surface area contributed by atoms with Crippen molar-refractivity contribution in [1.29, 1.82) is 0 Å². The van der Waals surface area contributed by atoms with E-state index in [2.05, 4.69) is 10.3 Å². The van der Waals surface area contributed by atoms with E-state index in [0.29, 0.717) is 49.9 Å². The summed E-state index contributed by atoms with van der Waals surface area (Å²) in [6.07, 6.45) is 0.544. The predicted molar refractivity (Wildman–Crippen MR) is 124 cm³/mol. The van der Waals surface area contributed by atoms with Crippen LogP contribution in [0.2, 0.25) is 15.1 Å². The van der Waals surface area contributed by atoms with Gasteiger partial charge in [0.05, 0.1) is 5.02 Å². The predicted octanol–water partition coefficient (Wildman–Crippen LogP) is 6.70. The van der Waals surface area contributed by atoms with Crippen LogP contribution in [0.15, 0.2) is 59.0 Å². The van der Waals surface area contributed by atoms with Crippen molar-refractivity contribution in [3.05, 3.63) is 86.7 Å². The summed E-state index contributed by atoms with van der Waals surface area (Å²) in [5, 5.41) is 4.34. The van der Waals surface area contributed by atoms with E-state index in [0.717, 1.165) is 11.1 Å². The number of hydrogen-bond donors (Lipinski definition) is 1. The minimum absolute atomic E-state index is 0.194. The third-order valence-electron chi connectivity index (χ3n) is 4.53. The first-order chi connectivity index (χ1) is 14.9. The number of hydrogen-bond acceptors (Lipinski definition) is 4. The number of rotatable bonds is 6. The molecule has 1 N–H and O–H groups in total. The van der Waals surface area contributed by atoms with Crippen molar-refractivity contribution in [2.75, 3.05) is 11.9 Å². The van der Waals surface area contributed by atoms with Crippen LogP contribution >= 0.6 is 34.8 Å². The highest BCUT2D eigenvalue weighted by molar-refractivity contribution is 6.35. The van der Waals surface area contributed by atoms with Crippen LogP contribution in [0.4, 0.5) is 5.69 Å². The maximum absolute atomic E-state index is 12.3. The van der Waals surface area contributed by atoms with Gasteiger partial charge in [0.1, 0.15) is 11.3 Å². The summed E-state index contributed by atoms with van der Waals surface area (Å²) in [6.45, 7) is 1.62. The monoisotopic (exact) mass is 474 g/mol. The zero-order valence-corrected chi connectivity index (χ0v) is 18.7. The summed E-state index contributed by atoms with van der Waals surface area (Å²) in [5.41, 5.74) is 3.67. The minimum Gasteiger partial charge on any atom is -0.482 e. The van der Waals surface area contributed by atoms with E-state index in [-0.39, 0.29) is 12.5 Å². The fourth-order valence-corrected chi connectivity index (χ4v) is 3.89. The van der Waals surface area contributed by atoms with Crippen molar-refractivity contribution >= 4 is 57.5 Å². The van der Waals surface area contributed by atoms with Gasteiger partial charge < -0.3 is 14.5 Å². The number of nitrogens with zero attached hydrogens (tertiary/aromatic N) is 1. The minimum atomic E-state index is -0.324. The van der Waals surface area contributed by atoms with Crippen molar-refractivity contribution < 1.29 is 13.9 Å². The maximum Gasteiger partial charge on any atom is 0.262 e. The molecule has 5 nitrogen and oxygen atoms in total. The highest BCUT2D eigenvalue weighted by Gasteiger charge is 2.12. The standard InChI is InChI=1S/C23H17Cl3N2O3/c1-13-8-16(25)10-18(26)23(13)30-12-21(29)27-17-6-7-20-19(11-17)28-22(31-20)9-14-2-4-15(24)5-3-14/h2-8,10-11H,9,12H2,1H3,(H,27,29). The number of carbonyl (C=O) groups is 1. The lowest BCUT2D eigenvalue weighted by atomic mass is 10.1. The zero-order valence-electron chi connectivity index (χ0n) is 16.4. The Hall–Kier alpha value is -2.73. The van der Waals surface area contributed by atoms with Gasteiger partial charge >= 0.3 is 0 Å². The van der Waals surface area contributed by atoms with Gasteiger partial charge in [0.15, 0.2) is 18.1 Å². The Morgan fingerprint density at radius 2 is 1.81 bits per heavy atom. The van der Waals surface area contributed by atoms with Crippen LogP contribution in [0, 0.1) is 6.92 Å². The molecule has 31 heavy (non-hydrogen) atoms. The van der Waals surface area contributed by atoms with Crippen molar-refractivity contribution in [2.45, 2.75) is 13.3 Å². The number of carbonyl (C=O) groups excluding carboxylic acids is 1. The normalized spacial score (nSPS) is 11.0. The molecule has 4 aromatic rings. The third kappa shape index (κ3) is 5.31. The molecule has 1 amide bonds. The van der Waals surface area contributed by atoms with Crippen molar-refractivity contribution in [3.63, 3.8) is 0 Å². The molecule has 0 radical (unpaired) electrons. The highest BCUT2D eigenvalue weighted by atomic mass is 35.5. The average molecular weight is 476 g/mol. The summed E-state index contributed by atoms with van der Waals surface area (Å²) in [6, 6.07) is 16.1. The summed E-state index contributed by atoms with van der Waals surface area (Å²) in [5.74, 6) is 0.687. The fourth-order valence-electron chi connectivity index (χ4n) is 3.11. The number of oxazole rings is 1. The summed E-state index contributed by atoms with van der Waals surface area (Å²) in [4.78, 5) is 16.8. The number of anilines is 1. The number of amides is 1. The van der Waals surface area contributed by atoms with E-state index >= 15 is 0 Å². The zero-order chi connectivity index (χ0) is 22.0. The third-order valence-corrected chi connectivity index (χ3v) is 5.28. The van der Waals surface area contributed by atoms with Gasteiger partial charge in [0, 0.05) is 22.2 Å². The average Bonchev–Trinajstić information content (AvgIpc) is 3.10. The molecule has 0 bridgehead atoms. The van der Waals surface area contributed by atoms with E-state index < -0.39 is 0 Å². The summed E-state index contributed by atoms with van der Waals surface area (Å²) >= 11 is 18.0. The van der Waals surface area contributed by atoms with Gasteiger partial charge in [-0.25, -0.2) is 4.98 Å². The Bertz CT molecular complexity index is 1230. The van der Waals surface area contributed by atoms with Gasteiger partial charge in [-0.3, -0.25) is 4.79 Å². The summed E-state index contributed by atoms with van der Waals surface area (Å²) in [7, 11) is 0. The molecule has 0 aliphatic rings. The maximum atomic E-state index is 12.3. The molecule has 0 unspecified atom stereocenters. The van der Waals surface area contributed by atoms with Gasteiger partial charge in [-0.2, -0.15) is 0 Å². The van der Waals surface area contributed by atoms with Crippen LogP contribution in [0.25, 0.3) is 11.1 Å². The summed E-state index contributed by atoms with van der Waals surface area (Å²) < 4.78 is 11.4. The number of nitrogens with one attached hydrogen (secondary N) is 1. The number of ether oxygens (including phenoxy) is 1. The van der Waals surface area contributed by atoms with Crippen LogP contribution in [-0.4, -0.2) is 17.5 Å². The fraction of sp³-hybridized carbons (Fsp3) is 0.130. The van der Waals surface area contributed by atoms with E-state index in [1.807, 2.05) is 31.2 Å². The second-order valence-electron chi connectivity index (χ2n) is 6.96. The Labute approximate surface area is 193 Å². The largest absolute Gasteiger partial charge is 0.482 e. The molecular formula is C23H17Cl3N2O3. The lowest BCUT2D eigenvalue weighted by molar-refractivity contribution is -0.118. The Balaban J connectivity index is 1.41. The molecule has 4 rings (SSSR count). The molecule has 158 valence electrons. The molecule has 1 heterocycles. The Morgan fingerprint density at radius 3 is 2.55 bits per heavy atom.